The summed E-state index contributed by atoms with van der Waals surface area (Å²) in [7, 11) is 1.69. The van der Waals surface area contributed by atoms with Gasteiger partial charge in [0.05, 0.1) is 17.3 Å². The van der Waals surface area contributed by atoms with Gasteiger partial charge in [-0.25, -0.2) is 4.99 Å². The number of ether oxygens (including phenoxy) is 1. The number of methoxy groups -OCH3 is 1. The first-order valence-electron chi connectivity index (χ1n) is 3.41. The Kier molecular flexibility index (Phi) is 2.55. The van der Waals surface area contributed by atoms with Gasteiger partial charge in [0, 0.05) is 7.11 Å². The number of nitrogens with zero attached hydrogens (tertiary/aromatic N) is 1. The van der Waals surface area contributed by atoms with E-state index in [0.717, 1.165) is 12.8 Å². The summed E-state index contributed by atoms with van der Waals surface area (Å²) in [5, 5.41) is 2.42. The van der Waals surface area contributed by atoms with Crippen LogP contribution < -0.4 is 0 Å². The number of rotatable bonds is 3. The summed E-state index contributed by atoms with van der Waals surface area (Å²) in [5.41, 5.74) is 0.0104. The molecule has 0 saturated heterocycles. The van der Waals surface area contributed by atoms with Gasteiger partial charge < -0.3 is 4.74 Å². The van der Waals surface area contributed by atoms with Crippen LogP contribution in [0.4, 0.5) is 0 Å². The first-order valence-corrected chi connectivity index (χ1v) is 3.82. The minimum Gasteiger partial charge on any atom is -0.382 e. The highest BCUT2D eigenvalue weighted by Crippen LogP contribution is 2.35. The van der Waals surface area contributed by atoms with E-state index < -0.39 is 0 Å². The van der Waals surface area contributed by atoms with Crippen LogP contribution in [0, 0.1) is 0 Å². The molecule has 0 aromatic heterocycles. The Balaban J connectivity index is 2.50. The molecule has 1 fully saturated rings. The van der Waals surface area contributed by atoms with Gasteiger partial charge in [-0.2, -0.15) is 0 Å². The van der Waals surface area contributed by atoms with Crippen LogP contribution in [0.15, 0.2) is 4.99 Å². The van der Waals surface area contributed by atoms with Crippen molar-refractivity contribution >= 4 is 17.4 Å². The van der Waals surface area contributed by atoms with Crippen molar-refractivity contribution in [3.63, 3.8) is 0 Å². The predicted octanol–water partition coefficient (Wildman–Crippen LogP) is 1.66. The van der Waals surface area contributed by atoms with Crippen LogP contribution in [0.25, 0.3) is 0 Å². The fraction of sp³-hybridized carbons (Fsp3) is 0.857. The molecule has 0 spiro atoms. The summed E-state index contributed by atoms with van der Waals surface area (Å²) in [6.45, 7) is 0.691. The zero-order valence-corrected chi connectivity index (χ0v) is 6.91. The lowest BCUT2D eigenvalue weighted by Gasteiger charge is -2.35. The summed E-state index contributed by atoms with van der Waals surface area (Å²) < 4.78 is 5.02. The van der Waals surface area contributed by atoms with E-state index in [0.29, 0.717) is 6.61 Å². The van der Waals surface area contributed by atoms with Crippen molar-refractivity contribution in [3.8, 4) is 0 Å². The molecule has 1 aliphatic carbocycles. The lowest BCUT2D eigenvalue weighted by molar-refractivity contribution is 0.0871. The Bertz CT molecular complexity index is 159. The SMILES string of the molecule is COCC1(N=C=S)CCC1. The van der Waals surface area contributed by atoms with E-state index in [9.17, 15) is 0 Å². The Hall–Kier alpha value is -0.240. The molecule has 0 aromatic rings. The van der Waals surface area contributed by atoms with Crippen LogP contribution in [0.2, 0.25) is 0 Å². The largest absolute Gasteiger partial charge is 0.382 e. The predicted molar refractivity (Wildman–Crippen MR) is 43.5 cm³/mol. The van der Waals surface area contributed by atoms with Gasteiger partial charge in [0.2, 0.25) is 0 Å². The van der Waals surface area contributed by atoms with Gasteiger partial charge >= 0.3 is 0 Å². The van der Waals surface area contributed by atoms with Gasteiger partial charge in [0.1, 0.15) is 0 Å². The molecule has 1 saturated carbocycles. The number of thiocarbonyl (C=S) groups is 1. The van der Waals surface area contributed by atoms with Gasteiger partial charge in [0.15, 0.2) is 0 Å². The smallest absolute Gasteiger partial charge is 0.0943 e. The van der Waals surface area contributed by atoms with Crippen molar-refractivity contribution < 1.29 is 4.74 Å². The molecular formula is C7H11NOS. The van der Waals surface area contributed by atoms with Gasteiger partial charge in [-0.05, 0) is 31.5 Å². The molecule has 0 atom stereocenters. The maximum atomic E-state index is 5.02. The maximum Gasteiger partial charge on any atom is 0.0943 e. The second-order valence-electron chi connectivity index (χ2n) is 2.71. The molecular weight excluding hydrogens is 146 g/mol. The van der Waals surface area contributed by atoms with E-state index in [1.807, 2.05) is 0 Å². The minimum absolute atomic E-state index is 0.0104. The lowest BCUT2D eigenvalue weighted by atomic mass is 9.78. The Morgan fingerprint density at radius 3 is 2.70 bits per heavy atom. The second-order valence-corrected chi connectivity index (χ2v) is 2.90. The van der Waals surface area contributed by atoms with Crippen LogP contribution in [-0.4, -0.2) is 24.4 Å². The van der Waals surface area contributed by atoms with Crippen LogP contribution in [0.1, 0.15) is 19.3 Å². The summed E-state index contributed by atoms with van der Waals surface area (Å²) >= 11 is 4.54. The van der Waals surface area contributed by atoms with Gasteiger partial charge in [0.25, 0.3) is 0 Å². The van der Waals surface area contributed by atoms with Crippen LogP contribution in [-0.2, 0) is 4.74 Å². The van der Waals surface area contributed by atoms with E-state index in [2.05, 4.69) is 22.4 Å². The zero-order valence-electron chi connectivity index (χ0n) is 6.09. The molecule has 1 aliphatic rings. The van der Waals surface area contributed by atoms with Gasteiger partial charge in [-0.3, -0.25) is 0 Å². The van der Waals surface area contributed by atoms with E-state index in [-0.39, 0.29) is 5.54 Å². The molecule has 3 heteroatoms. The van der Waals surface area contributed by atoms with Crippen molar-refractivity contribution in [1.29, 1.82) is 0 Å². The molecule has 0 aliphatic heterocycles. The van der Waals surface area contributed by atoms with Crippen molar-refractivity contribution in [3.05, 3.63) is 0 Å². The molecule has 0 aromatic carbocycles. The quantitative estimate of drug-likeness (QED) is 0.459. The normalized spacial score (nSPS) is 20.9. The molecule has 0 N–H and O–H groups in total. The highest BCUT2D eigenvalue weighted by molar-refractivity contribution is 7.78. The maximum absolute atomic E-state index is 5.02. The summed E-state index contributed by atoms with van der Waals surface area (Å²) in [4.78, 5) is 4.09. The van der Waals surface area contributed by atoms with Crippen molar-refractivity contribution in [2.45, 2.75) is 24.8 Å². The van der Waals surface area contributed by atoms with E-state index >= 15 is 0 Å². The van der Waals surface area contributed by atoms with Crippen molar-refractivity contribution in [2.75, 3.05) is 13.7 Å². The van der Waals surface area contributed by atoms with Gasteiger partial charge in [-0.1, -0.05) is 0 Å². The molecule has 0 amide bonds. The molecule has 1 rings (SSSR count). The third-order valence-electron chi connectivity index (χ3n) is 1.98. The van der Waals surface area contributed by atoms with E-state index in [4.69, 9.17) is 4.74 Å². The molecule has 56 valence electrons. The lowest BCUT2D eigenvalue weighted by Crippen LogP contribution is -2.39. The average molecular weight is 157 g/mol. The first-order chi connectivity index (χ1) is 4.83. The molecule has 10 heavy (non-hydrogen) atoms. The first kappa shape index (κ1) is 7.86. The topological polar surface area (TPSA) is 21.6 Å². The third kappa shape index (κ3) is 1.43. The zero-order chi connectivity index (χ0) is 7.45. The van der Waals surface area contributed by atoms with Crippen LogP contribution in [0.3, 0.4) is 0 Å². The van der Waals surface area contributed by atoms with E-state index in [1.165, 1.54) is 6.42 Å². The third-order valence-corrected chi connectivity index (χ3v) is 2.07. The standard InChI is InChI=1S/C7H11NOS/c1-9-5-7(8-6-10)3-2-4-7/h2-5H2,1H3. The molecule has 0 bridgehead atoms. The van der Waals surface area contributed by atoms with E-state index in [1.54, 1.807) is 7.11 Å². The summed E-state index contributed by atoms with van der Waals surface area (Å²) in [6, 6.07) is 0. The highest BCUT2D eigenvalue weighted by Gasteiger charge is 2.36. The highest BCUT2D eigenvalue weighted by atomic mass is 32.1. The fourth-order valence-corrected chi connectivity index (χ4v) is 1.43. The molecule has 0 unspecified atom stereocenters. The Morgan fingerprint density at radius 1 is 1.70 bits per heavy atom. The number of hydrogen-bond donors (Lipinski definition) is 0. The summed E-state index contributed by atoms with van der Waals surface area (Å²) in [5.74, 6) is 0. The molecule has 2 nitrogen and oxygen atoms in total. The monoisotopic (exact) mass is 157 g/mol. The minimum atomic E-state index is 0.0104. The van der Waals surface area contributed by atoms with Crippen molar-refractivity contribution in [1.82, 2.24) is 0 Å². The Labute approximate surface area is 66.3 Å². The second kappa shape index (κ2) is 3.24. The number of isothiocyanates is 1. The fourth-order valence-electron chi connectivity index (χ4n) is 1.24. The van der Waals surface area contributed by atoms with Crippen LogP contribution in [0.5, 0.6) is 0 Å². The number of aliphatic imine (C=N–C) groups is 1. The summed E-state index contributed by atoms with van der Waals surface area (Å²) in [6.07, 6.45) is 3.44. The number of hydrogen-bond acceptors (Lipinski definition) is 3. The average Bonchev–Trinajstić information content (AvgIpc) is 1.84. The van der Waals surface area contributed by atoms with Gasteiger partial charge in [-0.15, -0.1) is 0 Å². The molecule has 0 radical (unpaired) electrons. The van der Waals surface area contributed by atoms with Crippen LogP contribution >= 0.6 is 12.2 Å². The molecule has 0 heterocycles. The van der Waals surface area contributed by atoms with Crippen molar-refractivity contribution in [2.24, 2.45) is 4.99 Å². The Morgan fingerprint density at radius 2 is 2.40 bits per heavy atom.